The van der Waals surface area contributed by atoms with Gasteiger partial charge >= 0.3 is 0 Å². The van der Waals surface area contributed by atoms with E-state index < -0.39 is 0 Å². The van der Waals surface area contributed by atoms with Crippen molar-refractivity contribution in [3.05, 3.63) is 41.8 Å². The Morgan fingerprint density at radius 1 is 1.15 bits per heavy atom. The predicted molar refractivity (Wildman–Crippen MR) is 101 cm³/mol. The molecule has 0 aliphatic carbocycles. The van der Waals surface area contributed by atoms with Gasteiger partial charge in [-0.25, -0.2) is 4.39 Å². The molecule has 1 aromatic heterocycles. The van der Waals surface area contributed by atoms with Gasteiger partial charge in [-0.2, -0.15) is 5.10 Å². The van der Waals surface area contributed by atoms with Crippen LogP contribution in [0.1, 0.15) is 32.4 Å². The monoisotopic (exact) mass is 359 g/mol. The van der Waals surface area contributed by atoms with Gasteiger partial charge < -0.3 is 10.2 Å². The normalized spacial score (nSPS) is 16.7. The minimum Gasteiger partial charge on any atom is -0.369 e. The molecule has 1 amide bonds. The first-order chi connectivity index (χ1) is 12.4. The first-order valence-corrected chi connectivity index (χ1v) is 9.05. The molecule has 1 atom stereocenters. The summed E-state index contributed by atoms with van der Waals surface area (Å²) >= 11 is 0. The second-order valence-corrected chi connectivity index (χ2v) is 7.03. The fraction of sp³-hybridized carbons (Fsp3) is 0.474. The highest BCUT2D eigenvalue weighted by Crippen LogP contribution is 2.19. The Morgan fingerprint density at radius 2 is 1.81 bits per heavy atom. The van der Waals surface area contributed by atoms with E-state index in [0.717, 1.165) is 37.6 Å². The van der Waals surface area contributed by atoms with Crippen molar-refractivity contribution in [2.45, 2.75) is 32.7 Å². The number of aromatic nitrogens is 2. The lowest BCUT2D eigenvalue weighted by molar-refractivity contribution is -0.120. The van der Waals surface area contributed by atoms with E-state index >= 15 is 0 Å². The molecule has 1 aliphatic rings. The maximum absolute atomic E-state index is 13.1. The largest absolute Gasteiger partial charge is 0.369 e. The number of anilines is 2. The third kappa shape index (κ3) is 4.22. The molecule has 0 spiro atoms. The van der Waals surface area contributed by atoms with Crippen molar-refractivity contribution in [1.82, 2.24) is 15.1 Å². The van der Waals surface area contributed by atoms with Crippen molar-refractivity contribution >= 4 is 17.4 Å². The number of halogens is 1. The zero-order valence-electron chi connectivity index (χ0n) is 15.5. The van der Waals surface area contributed by atoms with Gasteiger partial charge in [-0.1, -0.05) is 13.8 Å². The van der Waals surface area contributed by atoms with Crippen LogP contribution in [0.2, 0.25) is 0 Å². The van der Waals surface area contributed by atoms with Crippen molar-refractivity contribution < 1.29 is 9.18 Å². The highest BCUT2D eigenvalue weighted by Gasteiger charge is 2.26. The third-order valence-electron chi connectivity index (χ3n) is 4.90. The zero-order valence-corrected chi connectivity index (χ0v) is 15.5. The van der Waals surface area contributed by atoms with Crippen LogP contribution in [0.4, 0.5) is 15.9 Å². The van der Waals surface area contributed by atoms with Crippen molar-refractivity contribution in [3.8, 4) is 0 Å². The molecule has 1 fully saturated rings. The van der Waals surface area contributed by atoms with E-state index in [2.05, 4.69) is 39.2 Å². The number of amides is 1. The van der Waals surface area contributed by atoms with Crippen LogP contribution >= 0.6 is 0 Å². The van der Waals surface area contributed by atoms with Crippen LogP contribution in [0.15, 0.2) is 30.3 Å². The van der Waals surface area contributed by atoms with Gasteiger partial charge in [0, 0.05) is 43.6 Å². The highest BCUT2D eigenvalue weighted by atomic mass is 19.1. The van der Waals surface area contributed by atoms with Crippen LogP contribution in [0.3, 0.4) is 0 Å². The molecule has 1 unspecified atom stereocenters. The number of rotatable bonds is 5. The van der Waals surface area contributed by atoms with Gasteiger partial charge in [-0.05, 0) is 37.1 Å². The van der Waals surface area contributed by atoms with E-state index in [1.807, 2.05) is 13.0 Å². The van der Waals surface area contributed by atoms with Crippen LogP contribution < -0.4 is 10.2 Å². The molecule has 2 heterocycles. The average molecular weight is 359 g/mol. The number of hydrogen-bond donors (Lipinski definition) is 2. The summed E-state index contributed by atoms with van der Waals surface area (Å²) in [5.41, 5.74) is 2.02. The van der Waals surface area contributed by atoms with Crippen molar-refractivity contribution in [2.75, 3.05) is 36.4 Å². The first kappa shape index (κ1) is 18.4. The lowest BCUT2D eigenvalue weighted by Crippen LogP contribution is -2.52. The van der Waals surface area contributed by atoms with Gasteiger partial charge in [-0.3, -0.25) is 14.8 Å². The van der Waals surface area contributed by atoms with E-state index in [1.165, 1.54) is 12.1 Å². The summed E-state index contributed by atoms with van der Waals surface area (Å²) in [6.07, 6.45) is 0. The number of carbonyl (C=O) groups excluding carboxylic acids is 1. The number of H-pyrrole nitrogens is 1. The Hall–Kier alpha value is -2.41. The Bertz CT molecular complexity index is 735. The Balaban J connectivity index is 1.53. The Labute approximate surface area is 153 Å². The van der Waals surface area contributed by atoms with Gasteiger partial charge in [0.2, 0.25) is 5.91 Å². The van der Waals surface area contributed by atoms with Gasteiger partial charge in [0.05, 0.1) is 6.04 Å². The average Bonchev–Trinajstić information content (AvgIpc) is 3.11. The summed E-state index contributed by atoms with van der Waals surface area (Å²) in [6.45, 7) is 9.24. The van der Waals surface area contributed by atoms with Crippen LogP contribution in [0.5, 0.6) is 0 Å². The number of nitrogens with one attached hydrogen (secondary N) is 2. The maximum atomic E-state index is 13.1. The molecule has 1 aliphatic heterocycles. The van der Waals surface area contributed by atoms with E-state index in [-0.39, 0.29) is 17.8 Å². The predicted octanol–water partition coefficient (Wildman–Crippen LogP) is 2.82. The van der Waals surface area contributed by atoms with Gasteiger partial charge in [0.15, 0.2) is 5.82 Å². The molecule has 1 saturated heterocycles. The van der Waals surface area contributed by atoms with Crippen LogP contribution in [-0.4, -0.2) is 53.2 Å². The molecular formula is C19H26FN5O. The summed E-state index contributed by atoms with van der Waals surface area (Å²) < 4.78 is 13.1. The number of aromatic amines is 1. The molecule has 140 valence electrons. The molecule has 6 nitrogen and oxygen atoms in total. The van der Waals surface area contributed by atoms with E-state index in [1.54, 1.807) is 12.1 Å². The summed E-state index contributed by atoms with van der Waals surface area (Å²) in [4.78, 5) is 16.9. The summed E-state index contributed by atoms with van der Waals surface area (Å²) in [6, 6.07) is 8.20. The number of hydrogen-bond acceptors (Lipinski definition) is 4. The maximum Gasteiger partial charge on any atom is 0.242 e. The smallest absolute Gasteiger partial charge is 0.242 e. The molecule has 2 N–H and O–H groups in total. The van der Waals surface area contributed by atoms with Gasteiger partial charge in [0.25, 0.3) is 0 Å². The number of piperazine rings is 1. The molecule has 2 aromatic rings. The zero-order chi connectivity index (χ0) is 18.7. The molecule has 0 saturated carbocycles. The van der Waals surface area contributed by atoms with Crippen molar-refractivity contribution in [2.24, 2.45) is 0 Å². The van der Waals surface area contributed by atoms with Crippen LogP contribution in [0, 0.1) is 5.82 Å². The Kier molecular flexibility index (Phi) is 5.56. The molecule has 1 aromatic carbocycles. The fourth-order valence-corrected chi connectivity index (χ4v) is 3.11. The molecule has 0 bridgehead atoms. The molecule has 7 heteroatoms. The second kappa shape index (κ2) is 7.86. The quantitative estimate of drug-likeness (QED) is 0.862. The van der Waals surface area contributed by atoms with Gasteiger partial charge in [-0.15, -0.1) is 0 Å². The minimum absolute atomic E-state index is 0.0537. The summed E-state index contributed by atoms with van der Waals surface area (Å²) in [5, 5.41) is 9.98. The molecule has 3 rings (SSSR count). The van der Waals surface area contributed by atoms with Crippen molar-refractivity contribution in [1.29, 1.82) is 0 Å². The standard InChI is InChI=1S/C19H26FN5O/c1-13(2)17-12-18(23-22-17)21-19(26)14(3)24-8-10-25(11-9-24)16-6-4-15(20)5-7-16/h4-7,12-14H,8-11H2,1-3H3,(H2,21,22,23,26). The van der Waals surface area contributed by atoms with Gasteiger partial charge in [0.1, 0.15) is 5.82 Å². The lowest BCUT2D eigenvalue weighted by Gasteiger charge is -2.38. The number of benzene rings is 1. The van der Waals surface area contributed by atoms with Crippen molar-refractivity contribution in [3.63, 3.8) is 0 Å². The molecular weight excluding hydrogens is 333 g/mol. The van der Waals surface area contributed by atoms with Crippen LogP contribution in [-0.2, 0) is 4.79 Å². The summed E-state index contributed by atoms with van der Waals surface area (Å²) in [5.74, 6) is 0.624. The van der Waals surface area contributed by atoms with E-state index in [0.29, 0.717) is 11.7 Å². The molecule has 0 radical (unpaired) electrons. The minimum atomic E-state index is -0.232. The molecule has 26 heavy (non-hydrogen) atoms. The lowest BCUT2D eigenvalue weighted by atomic mass is 10.1. The highest BCUT2D eigenvalue weighted by molar-refractivity contribution is 5.93. The Morgan fingerprint density at radius 3 is 2.38 bits per heavy atom. The number of carbonyl (C=O) groups is 1. The number of nitrogens with zero attached hydrogens (tertiary/aromatic N) is 3. The van der Waals surface area contributed by atoms with Crippen LogP contribution in [0.25, 0.3) is 0 Å². The first-order valence-electron chi connectivity index (χ1n) is 9.05. The second-order valence-electron chi connectivity index (χ2n) is 7.03. The van der Waals surface area contributed by atoms with E-state index in [9.17, 15) is 9.18 Å². The summed E-state index contributed by atoms with van der Waals surface area (Å²) in [7, 11) is 0. The SMILES string of the molecule is CC(C)c1cc(NC(=O)C(C)N2CCN(c3ccc(F)cc3)CC2)n[nH]1. The fourth-order valence-electron chi connectivity index (χ4n) is 3.11. The topological polar surface area (TPSA) is 64.3 Å². The van der Waals surface area contributed by atoms with E-state index in [4.69, 9.17) is 0 Å². The third-order valence-corrected chi connectivity index (χ3v) is 4.90.